The Morgan fingerprint density at radius 3 is 2.60 bits per heavy atom. The van der Waals surface area contributed by atoms with Crippen LogP contribution < -0.4 is 16.0 Å². The lowest BCUT2D eigenvalue weighted by molar-refractivity contribution is -0.116. The molecule has 0 aliphatic carbocycles. The van der Waals surface area contributed by atoms with Crippen molar-refractivity contribution in [3.8, 4) is 0 Å². The van der Waals surface area contributed by atoms with E-state index >= 15 is 0 Å². The zero-order chi connectivity index (χ0) is 18.9. The summed E-state index contributed by atoms with van der Waals surface area (Å²) in [5.41, 5.74) is 0.897. The Morgan fingerprint density at radius 2 is 2.04 bits per heavy atom. The van der Waals surface area contributed by atoms with Gasteiger partial charge in [0.15, 0.2) is 5.96 Å². The Kier molecular flexibility index (Phi) is 8.34. The van der Waals surface area contributed by atoms with Crippen LogP contribution in [0.4, 0.5) is 5.82 Å². The predicted octanol–water partition coefficient (Wildman–Crippen LogP) is 1.94. The fraction of sp³-hybridized carbons (Fsp3) is 0.611. The molecule has 1 aromatic heterocycles. The van der Waals surface area contributed by atoms with Crippen molar-refractivity contribution < 1.29 is 9.53 Å². The van der Waals surface area contributed by atoms with E-state index in [-0.39, 0.29) is 17.4 Å². The number of hydrogen-bond donors (Lipinski definition) is 3. The first-order chi connectivity index (χ1) is 11.8. The van der Waals surface area contributed by atoms with Crippen molar-refractivity contribution in [2.75, 3.05) is 32.6 Å². The average Bonchev–Trinajstić information content (AvgIpc) is 2.52. The van der Waals surface area contributed by atoms with E-state index in [1.54, 1.807) is 20.2 Å². The van der Waals surface area contributed by atoms with Gasteiger partial charge in [-0.1, -0.05) is 26.8 Å². The van der Waals surface area contributed by atoms with E-state index in [1.807, 2.05) is 19.1 Å². The standard InChI is InChI=1S/C18H31N5O2/c1-13-8-7-9-15(22-13)23-16(24)10-11-20-17(19-5)21-12-14(25-6)18(2,3)4/h7-9,14H,10-12H2,1-6H3,(H2,19,20,21)(H,22,23,24). The van der Waals surface area contributed by atoms with Gasteiger partial charge in [-0.05, 0) is 24.5 Å². The number of hydrogen-bond acceptors (Lipinski definition) is 4. The molecule has 0 spiro atoms. The molecule has 25 heavy (non-hydrogen) atoms. The number of methoxy groups -OCH3 is 1. The first-order valence-electron chi connectivity index (χ1n) is 8.47. The molecule has 1 amide bonds. The van der Waals surface area contributed by atoms with Crippen LogP contribution in [-0.2, 0) is 9.53 Å². The fourth-order valence-corrected chi connectivity index (χ4v) is 2.27. The number of anilines is 1. The highest BCUT2D eigenvalue weighted by atomic mass is 16.5. The SMILES string of the molecule is CN=C(NCCC(=O)Nc1cccc(C)n1)NCC(OC)C(C)(C)C. The van der Waals surface area contributed by atoms with E-state index in [0.717, 1.165) is 5.69 Å². The number of aliphatic imine (C=N–C) groups is 1. The highest BCUT2D eigenvalue weighted by Gasteiger charge is 2.24. The third kappa shape index (κ3) is 7.98. The summed E-state index contributed by atoms with van der Waals surface area (Å²) in [4.78, 5) is 20.4. The molecule has 0 saturated carbocycles. The van der Waals surface area contributed by atoms with Crippen LogP contribution in [0.3, 0.4) is 0 Å². The Morgan fingerprint density at radius 1 is 1.32 bits per heavy atom. The average molecular weight is 349 g/mol. The fourth-order valence-electron chi connectivity index (χ4n) is 2.27. The summed E-state index contributed by atoms with van der Waals surface area (Å²) in [5, 5.41) is 9.14. The number of aryl methyl sites for hydroxylation is 1. The topological polar surface area (TPSA) is 87.6 Å². The molecular weight excluding hydrogens is 318 g/mol. The largest absolute Gasteiger partial charge is 0.379 e. The maximum absolute atomic E-state index is 12.0. The minimum Gasteiger partial charge on any atom is -0.379 e. The summed E-state index contributed by atoms with van der Waals surface area (Å²) >= 11 is 0. The quantitative estimate of drug-likeness (QED) is 0.517. The van der Waals surface area contributed by atoms with Crippen molar-refractivity contribution in [2.45, 2.75) is 40.2 Å². The molecule has 0 aliphatic rings. The minimum absolute atomic E-state index is 0.0291. The molecular formula is C18H31N5O2. The van der Waals surface area contributed by atoms with Crippen LogP contribution in [-0.4, -0.2) is 50.2 Å². The lowest BCUT2D eigenvalue weighted by Gasteiger charge is -2.30. The summed E-state index contributed by atoms with van der Waals surface area (Å²) in [6.07, 6.45) is 0.380. The number of carbonyl (C=O) groups excluding carboxylic acids is 1. The molecule has 3 N–H and O–H groups in total. The lowest BCUT2D eigenvalue weighted by Crippen LogP contribution is -2.45. The van der Waals surface area contributed by atoms with E-state index in [2.05, 4.69) is 46.7 Å². The Labute approximate surface area is 150 Å². The number of carbonyl (C=O) groups is 1. The first kappa shape index (κ1) is 20.9. The van der Waals surface area contributed by atoms with E-state index in [4.69, 9.17) is 4.74 Å². The van der Waals surface area contributed by atoms with Crippen LogP contribution in [0.2, 0.25) is 0 Å². The highest BCUT2D eigenvalue weighted by molar-refractivity contribution is 5.90. The van der Waals surface area contributed by atoms with Crippen molar-refractivity contribution >= 4 is 17.7 Å². The molecule has 7 heteroatoms. The monoisotopic (exact) mass is 349 g/mol. The van der Waals surface area contributed by atoms with E-state index in [9.17, 15) is 4.79 Å². The first-order valence-corrected chi connectivity index (χ1v) is 8.47. The summed E-state index contributed by atoms with van der Waals surface area (Å²) in [5.74, 6) is 1.12. The van der Waals surface area contributed by atoms with Gasteiger partial charge in [0.05, 0.1) is 6.10 Å². The predicted molar refractivity (Wildman–Crippen MR) is 102 cm³/mol. The van der Waals surface area contributed by atoms with Gasteiger partial charge >= 0.3 is 0 Å². The van der Waals surface area contributed by atoms with Crippen molar-refractivity contribution in [3.05, 3.63) is 23.9 Å². The Bertz CT molecular complexity index is 581. The smallest absolute Gasteiger partial charge is 0.227 e. The molecule has 1 atom stereocenters. The summed E-state index contributed by atoms with van der Waals surface area (Å²) < 4.78 is 5.51. The normalized spacial score (nSPS) is 13.3. The molecule has 1 rings (SSSR count). The number of aromatic nitrogens is 1. The molecule has 1 heterocycles. The lowest BCUT2D eigenvalue weighted by atomic mass is 9.89. The maximum atomic E-state index is 12.0. The maximum Gasteiger partial charge on any atom is 0.227 e. The van der Waals surface area contributed by atoms with E-state index in [1.165, 1.54) is 0 Å². The van der Waals surface area contributed by atoms with Crippen molar-refractivity contribution in [2.24, 2.45) is 10.4 Å². The zero-order valence-corrected chi connectivity index (χ0v) is 16.1. The number of nitrogens with one attached hydrogen (secondary N) is 3. The molecule has 0 bridgehead atoms. The number of amides is 1. The summed E-state index contributed by atoms with van der Waals surface area (Å²) in [6.45, 7) is 9.38. The Hall–Kier alpha value is -2.15. The number of pyridine rings is 1. The molecule has 1 unspecified atom stereocenters. The second kappa shape index (κ2) is 9.98. The van der Waals surface area contributed by atoms with Crippen LogP contribution in [0, 0.1) is 12.3 Å². The molecule has 0 fully saturated rings. The van der Waals surface area contributed by atoms with Gasteiger partial charge in [0.1, 0.15) is 5.82 Å². The zero-order valence-electron chi connectivity index (χ0n) is 16.1. The number of rotatable bonds is 7. The van der Waals surface area contributed by atoms with Crippen LogP contribution in [0.5, 0.6) is 0 Å². The van der Waals surface area contributed by atoms with Gasteiger partial charge in [-0.25, -0.2) is 4.98 Å². The summed E-state index contributed by atoms with van der Waals surface area (Å²) in [7, 11) is 3.41. The van der Waals surface area contributed by atoms with Crippen LogP contribution in [0.1, 0.15) is 32.9 Å². The Balaban J connectivity index is 2.36. The van der Waals surface area contributed by atoms with Crippen LogP contribution in [0.25, 0.3) is 0 Å². The third-order valence-electron chi connectivity index (χ3n) is 3.73. The van der Waals surface area contributed by atoms with Gasteiger partial charge < -0.3 is 20.7 Å². The van der Waals surface area contributed by atoms with Crippen LogP contribution >= 0.6 is 0 Å². The molecule has 1 aromatic rings. The number of nitrogens with zero attached hydrogens (tertiary/aromatic N) is 2. The van der Waals surface area contributed by atoms with Gasteiger partial charge in [0.2, 0.25) is 5.91 Å². The number of guanidine groups is 1. The van der Waals surface area contributed by atoms with Gasteiger partial charge in [-0.3, -0.25) is 9.79 Å². The van der Waals surface area contributed by atoms with Crippen molar-refractivity contribution in [1.29, 1.82) is 0 Å². The molecule has 0 radical (unpaired) electrons. The summed E-state index contributed by atoms with van der Waals surface area (Å²) in [6, 6.07) is 5.53. The third-order valence-corrected chi connectivity index (χ3v) is 3.73. The molecule has 140 valence electrons. The van der Waals surface area contributed by atoms with Gasteiger partial charge in [0, 0.05) is 39.4 Å². The molecule has 0 aromatic carbocycles. The highest BCUT2D eigenvalue weighted by Crippen LogP contribution is 2.20. The second-order valence-corrected chi connectivity index (χ2v) is 6.93. The second-order valence-electron chi connectivity index (χ2n) is 6.93. The van der Waals surface area contributed by atoms with Gasteiger partial charge in [0.25, 0.3) is 0 Å². The van der Waals surface area contributed by atoms with Crippen molar-refractivity contribution in [3.63, 3.8) is 0 Å². The molecule has 0 aliphatic heterocycles. The number of ether oxygens (including phenoxy) is 1. The van der Waals surface area contributed by atoms with Crippen molar-refractivity contribution in [1.82, 2.24) is 15.6 Å². The molecule has 7 nitrogen and oxygen atoms in total. The van der Waals surface area contributed by atoms with E-state index in [0.29, 0.717) is 31.3 Å². The minimum atomic E-state index is -0.0921. The van der Waals surface area contributed by atoms with Crippen LogP contribution in [0.15, 0.2) is 23.2 Å². The van der Waals surface area contributed by atoms with Gasteiger partial charge in [-0.2, -0.15) is 0 Å². The molecule has 0 saturated heterocycles. The van der Waals surface area contributed by atoms with Gasteiger partial charge in [-0.15, -0.1) is 0 Å². The van der Waals surface area contributed by atoms with E-state index < -0.39 is 0 Å².